The van der Waals surface area contributed by atoms with Crippen molar-refractivity contribution in [3.63, 3.8) is 0 Å². The summed E-state index contributed by atoms with van der Waals surface area (Å²) < 4.78 is 0. The number of halogens is 2. The molecule has 0 spiro atoms. The fourth-order valence-corrected chi connectivity index (χ4v) is 4.63. The molecule has 0 aromatic heterocycles. The first kappa shape index (κ1) is 26.5. The van der Waals surface area contributed by atoms with Crippen molar-refractivity contribution in [3.05, 3.63) is 100 Å². The summed E-state index contributed by atoms with van der Waals surface area (Å²) in [5, 5.41) is 6.52. The van der Waals surface area contributed by atoms with E-state index in [-0.39, 0.29) is 23.9 Å². The normalized spacial score (nSPS) is 16.1. The lowest BCUT2D eigenvalue weighted by atomic mass is 10.0. The minimum atomic E-state index is -0.737. The van der Waals surface area contributed by atoms with E-state index in [1.165, 1.54) is 0 Å². The molecule has 2 N–H and O–H groups in total. The zero-order valence-electron chi connectivity index (χ0n) is 20.4. The van der Waals surface area contributed by atoms with E-state index < -0.39 is 6.04 Å². The average molecular weight is 539 g/mol. The Kier molecular flexibility index (Phi) is 8.69. The molecule has 9 heteroatoms. The molecule has 1 fully saturated rings. The number of nitrogens with zero attached hydrogens (tertiary/aromatic N) is 2. The Morgan fingerprint density at radius 3 is 2.24 bits per heavy atom. The molecule has 0 radical (unpaired) electrons. The van der Waals surface area contributed by atoms with Crippen molar-refractivity contribution in [2.24, 2.45) is 0 Å². The summed E-state index contributed by atoms with van der Waals surface area (Å²) in [6.45, 7) is 2.94. The molecule has 2 unspecified atom stereocenters. The Labute approximate surface area is 226 Å². The second-order valence-corrected chi connectivity index (χ2v) is 9.78. The summed E-state index contributed by atoms with van der Waals surface area (Å²) in [7, 11) is 0. The number of urea groups is 1. The molecular weight excluding hydrogens is 511 g/mol. The minimum absolute atomic E-state index is 0.176. The fourth-order valence-electron chi connectivity index (χ4n) is 4.33. The minimum Gasteiger partial charge on any atom is -0.340 e. The van der Waals surface area contributed by atoms with Gasteiger partial charge in [0, 0.05) is 43.3 Å². The van der Waals surface area contributed by atoms with Gasteiger partial charge in [-0.15, -0.1) is 0 Å². The molecule has 4 amide bonds. The number of carbonyl (C=O) groups excluding carboxylic acids is 3. The number of amides is 4. The summed E-state index contributed by atoms with van der Waals surface area (Å²) in [5.74, 6) is -0.480. The molecule has 0 aliphatic carbocycles. The van der Waals surface area contributed by atoms with Crippen molar-refractivity contribution < 1.29 is 14.4 Å². The van der Waals surface area contributed by atoms with Gasteiger partial charge in [-0.3, -0.25) is 9.59 Å². The highest BCUT2D eigenvalue weighted by Crippen LogP contribution is 2.25. The predicted octanol–water partition coefficient (Wildman–Crippen LogP) is 5.10. The van der Waals surface area contributed by atoms with Crippen molar-refractivity contribution in [1.29, 1.82) is 0 Å². The lowest BCUT2D eigenvalue weighted by molar-refractivity contribution is -0.135. The van der Waals surface area contributed by atoms with Crippen LogP contribution in [0.3, 0.4) is 0 Å². The number of carbonyl (C=O) groups is 3. The highest BCUT2D eigenvalue weighted by molar-refractivity contribution is 6.42. The molecule has 1 heterocycles. The second-order valence-electron chi connectivity index (χ2n) is 8.97. The molecule has 2 atom stereocenters. The van der Waals surface area contributed by atoms with Crippen LogP contribution in [0.5, 0.6) is 0 Å². The molecule has 7 nitrogen and oxygen atoms in total. The fraction of sp³-hybridized carbons (Fsp3) is 0.250. The molecule has 0 bridgehead atoms. The molecule has 37 heavy (non-hydrogen) atoms. The Balaban J connectivity index is 1.43. The van der Waals surface area contributed by atoms with Crippen LogP contribution in [0.4, 0.5) is 10.5 Å². The first-order valence-electron chi connectivity index (χ1n) is 12.0. The van der Waals surface area contributed by atoms with Gasteiger partial charge >= 0.3 is 6.03 Å². The van der Waals surface area contributed by atoms with Gasteiger partial charge in [0.1, 0.15) is 6.04 Å². The Morgan fingerprint density at radius 2 is 1.59 bits per heavy atom. The van der Waals surface area contributed by atoms with E-state index in [1.54, 1.807) is 52.3 Å². The van der Waals surface area contributed by atoms with Crippen molar-refractivity contribution in [2.75, 3.05) is 25.0 Å². The van der Waals surface area contributed by atoms with Gasteiger partial charge < -0.3 is 20.4 Å². The van der Waals surface area contributed by atoms with E-state index in [0.717, 1.165) is 5.56 Å². The maximum absolute atomic E-state index is 13.6. The number of benzene rings is 3. The first-order valence-corrected chi connectivity index (χ1v) is 12.8. The van der Waals surface area contributed by atoms with Gasteiger partial charge in [0.25, 0.3) is 5.91 Å². The van der Waals surface area contributed by atoms with E-state index in [4.69, 9.17) is 23.2 Å². The van der Waals surface area contributed by atoms with Crippen molar-refractivity contribution >= 4 is 46.7 Å². The van der Waals surface area contributed by atoms with Crippen LogP contribution in [-0.2, 0) is 11.2 Å². The second kappa shape index (κ2) is 12.1. The van der Waals surface area contributed by atoms with Gasteiger partial charge in [0.2, 0.25) is 5.91 Å². The van der Waals surface area contributed by atoms with Crippen molar-refractivity contribution in [1.82, 2.24) is 15.1 Å². The van der Waals surface area contributed by atoms with Gasteiger partial charge in [-0.25, -0.2) is 4.79 Å². The quantitative estimate of drug-likeness (QED) is 0.458. The van der Waals surface area contributed by atoms with Crippen LogP contribution in [0.1, 0.15) is 22.8 Å². The Bertz CT molecular complexity index is 1260. The summed E-state index contributed by atoms with van der Waals surface area (Å²) in [6.07, 6.45) is 0.366. The van der Waals surface area contributed by atoms with Crippen LogP contribution in [-0.4, -0.2) is 59.4 Å². The van der Waals surface area contributed by atoms with Crippen molar-refractivity contribution in [2.45, 2.75) is 25.4 Å². The van der Waals surface area contributed by atoms with E-state index in [2.05, 4.69) is 10.6 Å². The standard InChI is InChI=1S/C28H28Cl2N4O3/c1-19-18-33(14-15-34(19)28(37)31-22-12-13-23(29)24(30)17-22)27(36)25(16-20-8-4-2-5-9-20)32-26(35)21-10-6-3-7-11-21/h2-13,17,19,25H,14-16,18H2,1H3,(H,31,37)(H,32,35). The van der Waals surface area contributed by atoms with E-state index in [1.807, 2.05) is 43.3 Å². The lowest BCUT2D eigenvalue weighted by Crippen LogP contribution is -2.60. The zero-order valence-corrected chi connectivity index (χ0v) is 21.9. The lowest BCUT2D eigenvalue weighted by Gasteiger charge is -2.41. The smallest absolute Gasteiger partial charge is 0.322 e. The monoisotopic (exact) mass is 538 g/mol. The van der Waals surface area contributed by atoms with Crippen LogP contribution in [0, 0.1) is 0 Å². The van der Waals surface area contributed by atoms with Crippen LogP contribution in [0.25, 0.3) is 0 Å². The van der Waals surface area contributed by atoms with Gasteiger partial charge in [-0.2, -0.15) is 0 Å². The maximum atomic E-state index is 13.6. The van der Waals surface area contributed by atoms with Crippen LogP contribution < -0.4 is 10.6 Å². The molecule has 3 aromatic carbocycles. The molecule has 3 aromatic rings. The van der Waals surface area contributed by atoms with Gasteiger partial charge in [-0.1, -0.05) is 71.7 Å². The maximum Gasteiger partial charge on any atom is 0.322 e. The zero-order chi connectivity index (χ0) is 26.4. The highest BCUT2D eigenvalue weighted by atomic mass is 35.5. The number of rotatable bonds is 6. The number of piperazine rings is 1. The Morgan fingerprint density at radius 1 is 0.919 bits per heavy atom. The van der Waals surface area contributed by atoms with Gasteiger partial charge in [0.15, 0.2) is 0 Å². The highest BCUT2D eigenvalue weighted by Gasteiger charge is 2.33. The largest absolute Gasteiger partial charge is 0.340 e. The van der Waals surface area contributed by atoms with E-state index in [9.17, 15) is 14.4 Å². The average Bonchev–Trinajstić information content (AvgIpc) is 2.91. The summed E-state index contributed by atoms with van der Waals surface area (Å²) in [5.41, 5.74) is 1.98. The predicted molar refractivity (Wildman–Crippen MR) is 146 cm³/mol. The van der Waals surface area contributed by atoms with Crippen molar-refractivity contribution in [3.8, 4) is 0 Å². The molecule has 4 rings (SSSR count). The molecule has 192 valence electrons. The molecule has 1 saturated heterocycles. The van der Waals surface area contributed by atoms with Crippen LogP contribution in [0.15, 0.2) is 78.9 Å². The van der Waals surface area contributed by atoms with Crippen LogP contribution in [0.2, 0.25) is 10.0 Å². The topological polar surface area (TPSA) is 81.8 Å². The number of anilines is 1. The van der Waals surface area contributed by atoms with Crippen LogP contribution >= 0.6 is 23.2 Å². The van der Waals surface area contributed by atoms with Gasteiger partial charge in [-0.05, 0) is 42.8 Å². The third kappa shape index (κ3) is 6.81. The van der Waals surface area contributed by atoms with Gasteiger partial charge in [0.05, 0.1) is 10.0 Å². The number of hydrogen-bond donors (Lipinski definition) is 2. The third-order valence-electron chi connectivity index (χ3n) is 6.29. The third-order valence-corrected chi connectivity index (χ3v) is 7.03. The summed E-state index contributed by atoms with van der Waals surface area (Å²) >= 11 is 12.0. The molecular formula is C28H28Cl2N4O3. The molecule has 1 aliphatic rings. The first-order chi connectivity index (χ1) is 17.8. The summed E-state index contributed by atoms with van der Waals surface area (Å²) in [6, 6.07) is 22.1. The van der Waals surface area contributed by atoms with E-state index >= 15 is 0 Å². The van der Waals surface area contributed by atoms with E-state index in [0.29, 0.717) is 47.4 Å². The molecule has 0 saturated carbocycles. The SMILES string of the molecule is CC1CN(C(=O)C(Cc2ccccc2)NC(=O)c2ccccc2)CCN1C(=O)Nc1ccc(Cl)c(Cl)c1. The Hall–Kier alpha value is -3.55. The number of nitrogens with one attached hydrogen (secondary N) is 2. The summed E-state index contributed by atoms with van der Waals surface area (Å²) in [4.78, 5) is 42.8. The molecule has 1 aliphatic heterocycles. The number of hydrogen-bond acceptors (Lipinski definition) is 3.